The molecule has 212 valence electrons. The van der Waals surface area contributed by atoms with E-state index in [2.05, 4.69) is 13.8 Å². The Morgan fingerprint density at radius 2 is 0.842 bits per heavy atom. The van der Waals surface area contributed by atoms with E-state index >= 15 is 0 Å². The van der Waals surface area contributed by atoms with Gasteiger partial charge in [0.05, 0.1) is 13.2 Å². The summed E-state index contributed by atoms with van der Waals surface area (Å²) in [5.41, 5.74) is 2.39. The molecular weight excluding hydrogens is 472 g/mol. The van der Waals surface area contributed by atoms with Gasteiger partial charge >= 0.3 is 11.9 Å². The smallest absolute Gasteiger partial charge is 0.306 e. The fourth-order valence-electron chi connectivity index (χ4n) is 4.06. The molecule has 2 aromatic carbocycles. The van der Waals surface area contributed by atoms with E-state index < -0.39 is 0 Å². The lowest BCUT2D eigenvalue weighted by Gasteiger charge is -2.05. The van der Waals surface area contributed by atoms with E-state index in [0.717, 1.165) is 25.7 Å². The molecule has 0 fully saturated rings. The van der Waals surface area contributed by atoms with Gasteiger partial charge in [-0.1, -0.05) is 139 Å². The maximum Gasteiger partial charge on any atom is 0.306 e. The highest BCUT2D eigenvalue weighted by Gasteiger charge is 2.04. The fourth-order valence-corrected chi connectivity index (χ4v) is 4.06. The van der Waals surface area contributed by atoms with Crippen LogP contribution in [0.1, 0.15) is 115 Å². The lowest BCUT2D eigenvalue weighted by molar-refractivity contribution is -0.144. The second-order valence-corrected chi connectivity index (χ2v) is 9.95. The summed E-state index contributed by atoms with van der Waals surface area (Å²) in [5.74, 6) is -0.144. The Morgan fingerprint density at radius 3 is 1.21 bits per heavy atom. The minimum Gasteiger partial charge on any atom is -0.466 e. The molecule has 38 heavy (non-hydrogen) atoms. The predicted octanol–water partition coefficient (Wildman–Crippen LogP) is 9.05. The predicted molar refractivity (Wildman–Crippen MR) is 158 cm³/mol. The molecule has 0 aliphatic carbocycles. The maximum atomic E-state index is 11.5. The van der Waals surface area contributed by atoms with Gasteiger partial charge in [-0.15, -0.1) is 0 Å². The Morgan fingerprint density at radius 1 is 0.500 bits per heavy atom. The van der Waals surface area contributed by atoms with Crippen LogP contribution in [0, 0.1) is 0 Å². The number of hydrogen-bond donors (Lipinski definition) is 0. The van der Waals surface area contributed by atoms with Crippen molar-refractivity contribution in [3.8, 4) is 0 Å². The van der Waals surface area contributed by atoms with Gasteiger partial charge in [-0.25, -0.2) is 0 Å². The maximum absolute atomic E-state index is 11.5. The molecule has 0 saturated heterocycles. The number of carbonyl (C=O) groups is 2. The summed E-state index contributed by atoms with van der Waals surface area (Å²) in [6, 6.07) is 20.1. The number of rotatable bonds is 20. The number of aryl methyl sites for hydroxylation is 2. The highest BCUT2D eigenvalue weighted by molar-refractivity contribution is 5.70. The third kappa shape index (κ3) is 20.4. The number of hydrogen-bond acceptors (Lipinski definition) is 4. The Labute approximate surface area is 232 Å². The van der Waals surface area contributed by atoms with E-state index in [1.54, 1.807) is 0 Å². The SMILES string of the molecule is CCCCCCCCOC(=O)CCc1ccccc1.CCCCCCCCOC(=O)CCc1ccccc1. The van der Waals surface area contributed by atoms with Crippen molar-refractivity contribution < 1.29 is 19.1 Å². The molecule has 0 aliphatic heterocycles. The van der Waals surface area contributed by atoms with Crippen LogP contribution in [0.25, 0.3) is 0 Å². The number of esters is 2. The molecule has 2 aromatic rings. The molecule has 0 unspecified atom stereocenters. The molecular formula is C34H52O4. The minimum absolute atomic E-state index is 0.0718. The van der Waals surface area contributed by atoms with Crippen LogP contribution < -0.4 is 0 Å². The fraction of sp³-hybridized carbons (Fsp3) is 0.588. The summed E-state index contributed by atoms with van der Waals surface area (Å²) in [6.45, 7) is 5.60. The van der Waals surface area contributed by atoms with Crippen LogP contribution in [0.3, 0.4) is 0 Å². The molecule has 0 amide bonds. The van der Waals surface area contributed by atoms with Crippen LogP contribution in [0.2, 0.25) is 0 Å². The standard InChI is InChI=1S/2C17H26O2/c2*1-2-3-4-5-6-10-15-19-17(18)14-13-16-11-8-7-9-12-16/h2*7-9,11-12H,2-6,10,13-15H2,1H3. The van der Waals surface area contributed by atoms with Gasteiger partial charge in [0, 0.05) is 12.8 Å². The van der Waals surface area contributed by atoms with Crippen LogP contribution in [0.5, 0.6) is 0 Å². The third-order valence-corrected chi connectivity index (χ3v) is 6.44. The van der Waals surface area contributed by atoms with Crippen molar-refractivity contribution in [1.82, 2.24) is 0 Å². The first-order chi connectivity index (χ1) is 18.7. The van der Waals surface area contributed by atoms with E-state index in [-0.39, 0.29) is 11.9 Å². The van der Waals surface area contributed by atoms with Gasteiger partial charge in [-0.2, -0.15) is 0 Å². The summed E-state index contributed by atoms with van der Waals surface area (Å²) in [7, 11) is 0. The zero-order chi connectivity index (χ0) is 27.5. The summed E-state index contributed by atoms with van der Waals surface area (Å²) >= 11 is 0. The zero-order valence-corrected chi connectivity index (χ0v) is 24.1. The van der Waals surface area contributed by atoms with Crippen molar-refractivity contribution in [2.45, 2.75) is 117 Å². The summed E-state index contributed by atoms with van der Waals surface area (Å²) in [5, 5.41) is 0. The van der Waals surface area contributed by atoms with E-state index in [1.807, 2.05) is 60.7 Å². The van der Waals surface area contributed by atoms with Crippen LogP contribution >= 0.6 is 0 Å². The number of carbonyl (C=O) groups excluding carboxylic acids is 2. The lowest BCUT2D eigenvalue weighted by Crippen LogP contribution is -2.07. The molecule has 0 aromatic heterocycles. The molecule has 0 N–H and O–H groups in total. The van der Waals surface area contributed by atoms with E-state index in [0.29, 0.717) is 26.1 Å². The van der Waals surface area contributed by atoms with E-state index in [4.69, 9.17) is 9.47 Å². The topological polar surface area (TPSA) is 52.6 Å². The normalized spacial score (nSPS) is 10.4. The molecule has 0 radical (unpaired) electrons. The number of ether oxygens (including phenoxy) is 2. The van der Waals surface area contributed by atoms with Gasteiger partial charge in [0.2, 0.25) is 0 Å². The van der Waals surface area contributed by atoms with Crippen molar-refractivity contribution in [2.24, 2.45) is 0 Å². The largest absolute Gasteiger partial charge is 0.466 e. The second-order valence-electron chi connectivity index (χ2n) is 9.95. The average molecular weight is 525 g/mol. The molecule has 0 aliphatic rings. The minimum atomic E-state index is -0.0718. The van der Waals surface area contributed by atoms with Crippen LogP contribution in [-0.4, -0.2) is 25.2 Å². The summed E-state index contributed by atoms with van der Waals surface area (Å²) in [4.78, 5) is 23.1. The van der Waals surface area contributed by atoms with Crippen molar-refractivity contribution in [1.29, 1.82) is 0 Å². The van der Waals surface area contributed by atoms with E-state index in [1.165, 1.54) is 75.3 Å². The Bertz CT molecular complexity index is 734. The summed E-state index contributed by atoms with van der Waals surface area (Å²) in [6.07, 6.45) is 17.2. The zero-order valence-electron chi connectivity index (χ0n) is 24.1. The second kappa shape index (κ2) is 24.7. The third-order valence-electron chi connectivity index (χ3n) is 6.44. The van der Waals surface area contributed by atoms with Gasteiger partial charge in [-0.05, 0) is 36.8 Å². The molecule has 0 saturated carbocycles. The van der Waals surface area contributed by atoms with Gasteiger partial charge in [-0.3, -0.25) is 9.59 Å². The Kier molecular flexibility index (Phi) is 21.7. The van der Waals surface area contributed by atoms with Crippen molar-refractivity contribution >= 4 is 11.9 Å². The molecule has 0 bridgehead atoms. The van der Waals surface area contributed by atoms with Gasteiger partial charge < -0.3 is 9.47 Å². The first-order valence-corrected chi connectivity index (χ1v) is 15.0. The van der Waals surface area contributed by atoms with Crippen LogP contribution in [-0.2, 0) is 31.9 Å². The average Bonchev–Trinajstić information content (AvgIpc) is 2.95. The summed E-state index contributed by atoms with van der Waals surface area (Å²) < 4.78 is 10.5. The highest BCUT2D eigenvalue weighted by atomic mass is 16.5. The van der Waals surface area contributed by atoms with Crippen LogP contribution in [0.15, 0.2) is 60.7 Å². The molecule has 4 nitrogen and oxygen atoms in total. The van der Waals surface area contributed by atoms with E-state index in [9.17, 15) is 9.59 Å². The van der Waals surface area contributed by atoms with Crippen molar-refractivity contribution in [2.75, 3.05) is 13.2 Å². The van der Waals surface area contributed by atoms with Gasteiger partial charge in [0.1, 0.15) is 0 Å². The van der Waals surface area contributed by atoms with Gasteiger partial charge in [0.15, 0.2) is 0 Å². The quantitative estimate of drug-likeness (QED) is 0.128. The Balaban J connectivity index is 0.000000380. The van der Waals surface area contributed by atoms with Gasteiger partial charge in [0.25, 0.3) is 0 Å². The number of unbranched alkanes of at least 4 members (excludes halogenated alkanes) is 10. The molecule has 2 rings (SSSR count). The molecule has 4 heteroatoms. The van der Waals surface area contributed by atoms with Crippen LogP contribution in [0.4, 0.5) is 0 Å². The van der Waals surface area contributed by atoms with Crippen molar-refractivity contribution in [3.05, 3.63) is 71.8 Å². The first kappa shape index (κ1) is 33.4. The molecule has 0 spiro atoms. The first-order valence-electron chi connectivity index (χ1n) is 15.0. The molecule has 0 heterocycles. The number of benzene rings is 2. The monoisotopic (exact) mass is 524 g/mol. The highest BCUT2D eigenvalue weighted by Crippen LogP contribution is 2.08. The molecule has 0 atom stereocenters. The Hall–Kier alpha value is -2.62. The lowest BCUT2D eigenvalue weighted by atomic mass is 10.1. The van der Waals surface area contributed by atoms with Crippen molar-refractivity contribution in [3.63, 3.8) is 0 Å².